The first-order valence-electron chi connectivity index (χ1n) is 7.33. The fourth-order valence-corrected chi connectivity index (χ4v) is 3.50. The molecule has 0 heterocycles. The Morgan fingerprint density at radius 3 is 2.60 bits per heavy atom. The summed E-state index contributed by atoms with van der Waals surface area (Å²) in [5, 5.41) is 0. The van der Waals surface area contributed by atoms with E-state index in [9.17, 15) is 4.79 Å². The fourth-order valence-electron chi connectivity index (χ4n) is 3.50. The van der Waals surface area contributed by atoms with Gasteiger partial charge in [0.1, 0.15) is 6.10 Å². The average Bonchev–Trinajstić information content (AvgIpc) is 2.24. The van der Waals surface area contributed by atoms with Crippen LogP contribution in [0.15, 0.2) is 18.2 Å². The van der Waals surface area contributed by atoms with Gasteiger partial charge < -0.3 is 10.5 Å². The summed E-state index contributed by atoms with van der Waals surface area (Å²) in [5.41, 5.74) is 8.17. The van der Waals surface area contributed by atoms with Gasteiger partial charge in [-0.15, -0.1) is 0 Å². The Kier molecular flexibility index (Phi) is 4.07. The molecule has 1 aromatic carbocycles. The van der Waals surface area contributed by atoms with Crippen LogP contribution in [0, 0.1) is 18.3 Å². The highest BCUT2D eigenvalue weighted by Crippen LogP contribution is 2.39. The predicted octanol–water partition coefficient (Wildman–Crippen LogP) is 3.95. The second-order valence-corrected chi connectivity index (χ2v) is 7.07. The van der Waals surface area contributed by atoms with Crippen LogP contribution < -0.4 is 5.73 Å². The summed E-state index contributed by atoms with van der Waals surface area (Å²) in [4.78, 5) is 12.3. The van der Waals surface area contributed by atoms with Crippen molar-refractivity contribution in [1.29, 1.82) is 0 Å². The number of hydrogen-bond acceptors (Lipinski definition) is 3. The van der Waals surface area contributed by atoms with Crippen molar-refractivity contribution >= 4 is 11.7 Å². The third-order valence-corrected chi connectivity index (χ3v) is 3.96. The van der Waals surface area contributed by atoms with E-state index in [1.165, 1.54) is 6.42 Å². The maximum absolute atomic E-state index is 12.3. The molecular weight excluding hydrogens is 250 g/mol. The molecule has 0 aliphatic heterocycles. The molecule has 0 aromatic heterocycles. The normalized spacial score (nSPS) is 25.2. The van der Waals surface area contributed by atoms with Crippen LogP contribution in [-0.2, 0) is 4.74 Å². The number of nitrogens with two attached hydrogens (primary N) is 1. The summed E-state index contributed by atoms with van der Waals surface area (Å²) < 4.78 is 5.70. The van der Waals surface area contributed by atoms with Crippen LogP contribution in [-0.4, -0.2) is 12.1 Å². The largest absolute Gasteiger partial charge is 0.459 e. The molecule has 0 amide bonds. The van der Waals surface area contributed by atoms with Gasteiger partial charge in [0.05, 0.1) is 5.56 Å². The molecule has 110 valence electrons. The predicted molar refractivity (Wildman–Crippen MR) is 81.6 cm³/mol. The first-order valence-corrected chi connectivity index (χ1v) is 7.33. The standard InChI is InChI=1S/C17H25NO2/c1-11-5-13(8-14(18)6-11)16(19)20-15-7-12(2)9-17(3,4)10-15/h5-6,8,12,15H,7,9-10,18H2,1-4H3. The number of ether oxygens (including phenoxy) is 1. The maximum atomic E-state index is 12.3. The van der Waals surface area contributed by atoms with Crippen molar-refractivity contribution in [3.05, 3.63) is 29.3 Å². The number of nitrogen functional groups attached to an aromatic ring is 1. The van der Waals surface area contributed by atoms with E-state index in [-0.39, 0.29) is 17.5 Å². The molecular formula is C17H25NO2. The molecule has 20 heavy (non-hydrogen) atoms. The monoisotopic (exact) mass is 275 g/mol. The Morgan fingerprint density at radius 1 is 1.30 bits per heavy atom. The highest BCUT2D eigenvalue weighted by Gasteiger charge is 2.34. The zero-order chi connectivity index (χ0) is 14.9. The quantitative estimate of drug-likeness (QED) is 0.657. The number of esters is 1. The van der Waals surface area contributed by atoms with E-state index in [4.69, 9.17) is 10.5 Å². The number of hydrogen-bond donors (Lipinski definition) is 1. The molecule has 3 nitrogen and oxygen atoms in total. The van der Waals surface area contributed by atoms with Crippen molar-refractivity contribution in [3.8, 4) is 0 Å². The van der Waals surface area contributed by atoms with Crippen LogP contribution in [0.2, 0.25) is 0 Å². The number of carbonyl (C=O) groups is 1. The molecule has 1 aliphatic carbocycles. The van der Waals surface area contributed by atoms with Gasteiger partial charge in [-0.3, -0.25) is 0 Å². The molecule has 0 radical (unpaired) electrons. The van der Waals surface area contributed by atoms with Gasteiger partial charge in [-0.2, -0.15) is 0 Å². The lowest BCUT2D eigenvalue weighted by Crippen LogP contribution is -2.34. The zero-order valence-electron chi connectivity index (χ0n) is 12.9. The lowest BCUT2D eigenvalue weighted by molar-refractivity contribution is -0.00715. The Bertz CT molecular complexity index is 487. The summed E-state index contributed by atoms with van der Waals surface area (Å²) in [6.07, 6.45) is 3.10. The maximum Gasteiger partial charge on any atom is 0.338 e. The zero-order valence-corrected chi connectivity index (χ0v) is 12.9. The molecule has 3 heteroatoms. The summed E-state index contributed by atoms with van der Waals surface area (Å²) in [6.45, 7) is 8.65. The van der Waals surface area contributed by atoms with E-state index >= 15 is 0 Å². The van der Waals surface area contributed by atoms with Crippen LogP contribution >= 0.6 is 0 Å². The lowest BCUT2D eigenvalue weighted by atomic mass is 9.71. The molecule has 0 spiro atoms. The van der Waals surface area contributed by atoms with Crippen molar-refractivity contribution in [2.45, 2.75) is 53.1 Å². The van der Waals surface area contributed by atoms with Gasteiger partial charge in [-0.1, -0.05) is 20.8 Å². The molecule has 2 unspecified atom stereocenters. The molecule has 1 aromatic rings. The van der Waals surface area contributed by atoms with Gasteiger partial charge in [0.25, 0.3) is 0 Å². The van der Waals surface area contributed by atoms with Gasteiger partial charge in [0.15, 0.2) is 0 Å². The Morgan fingerprint density at radius 2 is 2.00 bits per heavy atom. The van der Waals surface area contributed by atoms with E-state index < -0.39 is 0 Å². The van der Waals surface area contributed by atoms with Crippen molar-refractivity contribution in [2.24, 2.45) is 11.3 Å². The molecule has 2 N–H and O–H groups in total. The van der Waals surface area contributed by atoms with Gasteiger partial charge in [-0.05, 0) is 61.3 Å². The van der Waals surface area contributed by atoms with Gasteiger partial charge in [0, 0.05) is 5.69 Å². The van der Waals surface area contributed by atoms with Crippen molar-refractivity contribution < 1.29 is 9.53 Å². The Hall–Kier alpha value is -1.51. The van der Waals surface area contributed by atoms with Gasteiger partial charge in [-0.25, -0.2) is 4.79 Å². The third kappa shape index (κ3) is 3.75. The van der Waals surface area contributed by atoms with Crippen LogP contribution in [0.5, 0.6) is 0 Å². The molecule has 2 rings (SSSR count). The molecule has 1 saturated carbocycles. The first-order chi connectivity index (χ1) is 9.25. The highest BCUT2D eigenvalue weighted by atomic mass is 16.5. The van der Waals surface area contributed by atoms with Crippen LogP contribution in [0.4, 0.5) is 5.69 Å². The van der Waals surface area contributed by atoms with Crippen LogP contribution in [0.25, 0.3) is 0 Å². The van der Waals surface area contributed by atoms with E-state index in [2.05, 4.69) is 20.8 Å². The number of rotatable bonds is 2. The number of benzene rings is 1. The summed E-state index contributed by atoms with van der Waals surface area (Å²) in [5.74, 6) is 0.342. The summed E-state index contributed by atoms with van der Waals surface area (Å²) in [7, 11) is 0. The van der Waals surface area contributed by atoms with Crippen molar-refractivity contribution in [1.82, 2.24) is 0 Å². The van der Waals surface area contributed by atoms with E-state index in [1.54, 1.807) is 6.07 Å². The average molecular weight is 275 g/mol. The molecule has 0 bridgehead atoms. The first kappa shape index (κ1) is 14.9. The minimum atomic E-state index is -0.254. The Labute approximate surface area is 121 Å². The number of anilines is 1. The molecule has 1 fully saturated rings. The second-order valence-electron chi connectivity index (χ2n) is 7.07. The number of aryl methyl sites for hydroxylation is 1. The topological polar surface area (TPSA) is 52.3 Å². The number of carbonyl (C=O) groups excluding carboxylic acids is 1. The molecule has 1 aliphatic rings. The fraction of sp³-hybridized carbons (Fsp3) is 0.588. The van der Waals surface area contributed by atoms with Crippen molar-refractivity contribution in [2.75, 3.05) is 5.73 Å². The van der Waals surface area contributed by atoms with E-state index in [0.29, 0.717) is 17.2 Å². The van der Waals surface area contributed by atoms with Gasteiger partial charge >= 0.3 is 5.97 Å². The van der Waals surface area contributed by atoms with Crippen LogP contribution in [0.3, 0.4) is 0 Å². The molecule has 2 atom stereocenters. The van der Waals surface area contributed by atoms with Crippen molar-refractivity contribution in [3.63, 3.8) is 0 Å². The molecule has 0 saturated heterocycles. The minimum absolute atomic E-state index is 0.0167. The SMILES string of the molecule is Cc1cc(N)cc(C(=O)OC2CC(C)CC(C)(C)C2)c1. The van der Waals surface area contributed by atoms with Crippen LogP contribution in [0.1, 0.15) is 56.0 Å². The smallest absolute Gasteiger partial charge is 0.338 e. The highest BCUT2D eigenvalue weighted by molar-refractivity contribution is 5.90. The second kappa shape index (κ2) is 5.47. The minimum Gasteiger partial charge on any atom is -0.459 e. The third-order valence-electron chi connectivity index (χ3n) is 3.96. The summed E-state index contributed by atoms with van der Waals surface area (Å²) in [6, 6.07) is 5.37. The van der Waals surface area contributed by atoms with E-state index in [1.807, 2.05) is 19.1 Å². The summed E-state index contributed by atoms with van der Waals surface area (Å²) >= 11 is 0. The van der Waals surface area contributed by atoms with Gasteiger partial charge in [0.2, 0.25) is 0 Å². The van der Waals surface area contributed by atoms with E-state index in [0.717, 1.165) is 18.4 Å². The lowest BCUT2D eigenvalue weighted by Gasteiger charge is -2.38. The Balaban J connectivity index is 2.07.